The molecule has 0 atom stereocenters. The fourth-order valence-corrected chi connectivity index (χ4v) is 2.71. The van der Waals surface area contributed by atoms with Crippen molar-refractivity contribution < 1.29 is 0 Å². The van der Waals surface area contributed by atoms with Crippen LogP contribution in [0.5, 0.6) is 0 Å². The van der Waals surface area contributed by atoms with E-state index in [0.717, 1.165) is 26.5 Å². The van der Waals surface area contributed by atoms with Crippen LogP contribution in [-0.2, 0) is 6.54 Å². The lowest BCUT2D eigenvalue weighted by atomic mass is 10.2. The van der Waals surface area contributed by atoms with Gasteiger partial charge in [-0.3, -0.25) is 0 Å². The Morgan fingerprint density at radius 1 is 0.842 bits per heavy atom. The van der Waals surface area contributed by atoms with Crippen molar-refractivity contribution in [3.05, 3.63) is 69.3 Å². The van der Waals surface area contributed by atoms with Crippen molar-refractivity contribution in [3.8, 4) is 0 Å². The van der Waals surface area contributed by atoms with Crippen molar-refractivity contribution in [1.29, 1.82) is 0 Å². The lowest BCUT2D eigenvalue weighted by Gasteiger charge is -2.08. The average Bonchev–Trinajstić information content (AvgIpc) is 2.76. The molecule has 0 aliphatic rings. The molecule has 0 fully saturated rings. The highest BCUT2D eigenvalue weighted by molar-refractivity contribution is 6.33. The average molecular weight is 311 g/mol. The second-order valence-corrected chi connectivity index (χ2v) is 5.66. The predicted octanol–water partition coefficient (Wildman–Crippen LogP) is 5.65. The molecule has 0 bridgehead atoms. The van der Waals surface area contributed by atoms with Gasteiger partial charge in [0.2, 0.25) is 0 Å². The summed E-state index contributed by atoms with van der Waals surface area (Å²) in [6.07, 6.45) is 2.03. The van der Waals surface area contributed by atoms with E-state index in [1.807, 2.05) is 42.6 Å². The molecule has 0 radical (unpaired) electrons. The van der Waals surface area contributed by atoms with Crippen molar-refractivity contribution in [2.45, 2.75) is 6.54 Å². The Balaban J connectivity index is 2.03. The number of aromatic nitrogens is 1. The zero-order valence-corrected chi connectivity index (χ0v) is 12.2. The highest BCUT2D eigenvalue weighted by Crippen LogP contribution is 2.25. The van der Waals surface area contributed by atoms with E-state index >= 15 is 0 Å². The van der Waals surface area contributed by atoms with Crippen molar-refractivity contribution in [2.24, 2.45) is 0 Å². The van der Waals surface area contributed by atoms with Gasteiger partial charge in [0.05, 0.1) is 0 Å². The number of hydrogen-bond acceptors (Lipinski definition) is 0. The minimum Gasteiger partial charge on any atom is -0.343 e. The number of rotatable bonds is 2. The zero-order chi connectivity index (χ0) is 13.4. The Morgan fingerprint density at radius 3 is 2.42 bits per heavy atom. The summed E-state index contributed by atoms with van der Waals surface area (Å²) in [5.74, 6) is 0. The fraction of sp³-hybridized carbons (Fsp3) is 0.0667. The lowest BCUT2D eigenvalue weighted by molar-refractivity contribution is 0.837. The Hall–Kier alpha value is -1.15. The lowest BCUT2D eigenvalue weighted by Crippen LogP contribution is -1.98. The first-order valence-electron chi connectivity index (χ1n) is 5.82. The first-order valence-corrected chi connectivity index (χ1v) is 6.95. The van der Waals surface area contributed by atoms with Gasteiger partial charge in [-0.05, 0) is 48.0 Å². The summed E-state index contributed by atoms with van der Waals surface area (Å²) < 4.78 is 2.13. The first kappa shape index (κ1) is 12.9. The highest BCUT2D eigenvalue weighted by atomic mass is 35.5. The molecular weight excluding hydrogens is 301 g/mol. The van der Waals surface area contributed by atoms with Crippen LogP contribution < -0.4 is 0 Å². The molecule has 1 aromatic heterocycles. The van der Waals surface area contributed by atoms with E-state index in [4.69, 9.17) is 34.8 Å². The van der Waals surface area contributed by atoms with Crippen LogP contribution in [0, 0.1) is 0 Å². The summed E-state index contributed by atoms with van der Waals surface area (Å²) in [4.78, 5) is 0. The highest BCUT2D eigenvalue weighted by Gasteiger charge is 2.06. The second-order valence-electron chi connectivity index (χ2n) is 4.38. The molecule has 0 spiro atoms. The van der Waals surface area contributed by atoms with Crippen LogP contribution in [0.1, 0.15) is 5.56 Å². The third-order valence-electron chi connectivity index (χ3n) is 3.08. The molecule has 96 valence electrons. The van der Waals surface area contributed by atoms with Crippen LogP contribution in [0.15, 0.2) is 48.7 Å². The van der Waals surface area contributed by atoms with Gasteiger partial charge in [-0.2, -0.15) is 0 Å². The molecule has 0 saturated carbocycles. The SMILES string of the molecule is Clc1ccc(Cl)c(Cn2ccc3cc(Cl)ccc32)c1. The topological polar surface area (TPSA) is 4.93 Å². The molecule has 0 aliphatic heterocycles. The normalized spacial score (nSPS) is 11.1. The molecular formula is C15H10Cl3N. The molecule has 1 heterocycles. The van der Waals surface area contributed by atoms with E-state index in [1.54, 1.807) is 6.07 Å². The molecule has 3 aromatic rings. The summed E-state index contributed by atoms with van der Waals surface area (Å²) in [5, 5.41) is 3.27. The number of fused-ring (bicyclic) bond motifs is 1. The van der Waals surface area contributed by atoms with Crippen LogP contribution >= 0.6 is 34.8 Å². The summed E-state index contributed by atoms with van der Waals surface area (Å²) in [7, 11) is 0. The Kier molecular flexibility index (Phi) is 3.44. The molecule has 4 heteroatoms. The van der Waals surface area contributed by atoms with E-state index in [2.05, 4.69) is 4.57 Å². The van der Waals surface area contributed by atoms with Crippen LogP contribution in [0.25, 0.3) is 10.9 Å². The fourth-order valence-electron chi connectivity index (χ4n) is 2.16. The molecule has 0 unspecified atom stereocenters. The van der Waals surface area contributed by atoms with Crippen molar-refractivity contribution >= 4 is 45.7 Å². The van der Waals surface area contributed by atoms with Gasteiger partial charge in [0.25, 0.3) is 0 Å². The quantitative estimate of drug-likeness (QED) is 0.576. The Bertz CT molecular complexity index is 746. The molecule has 0 saturated heterocycles. The number of halogens is 3. The number of hydrogen-bond donors (Lipinski definition) is 0. The van der Waals surface area contributed by atoms with Crippen molar-refractivity contribution in [3.63, 3.8) is 0 Å². The van der Waals surface area contributed by atoms with E-state index < -0.39 is 0 Å². The largest absolute Gasteiger partial charge is 0.343 e. The molecule has 0 amide bonds. The van der Waals surface area contributed by atoms with Gasteiger partial charge in [0.1, 0.15) is 0 Å². The Morgan fingerprint density at radius 2 is 1.58 bits per heavy atom. The van der Waals surface area contributed by atoms with Gasteiger partial charge < -0.3 is 4.57 Å². The van der Waals surface area contributed by atoms with E-state index in [0.29, 0.717) is 11.6 Å². The molecule has 3 rings (SSSR count). The maximum Gasteiger partial charge on any atom is 0.0491 e. The van der Waals surface area contributed by atoms with Crippen LogP contribution in [-0.4, -0.2) is 4.57 Å². The maximum absolute atomic E-state index is 6.20. The molecule has 0 aliphatic carbocycles. The monoisotopic (exact) mass is 309 g/mol. The smallest absolute Gasteiger partial charge is 0.0491 e. The molecule has 0 N–H and O–H groups in total. The van der Waals surface area contributed by atoms with Gasteiger partial charge in [0.15, 0.2) is 0 Å². The summed E-state index contributed by atoms with van der Waals surface area (Å²) in [5.41, 5.74) is 2.13. The van der Waals surface area contributed by atoms with Crippen LogP contribution in [0.3, 0.4) is 0 Å². The summed E-state index contributed by atoms with van der Waals surface area (Å²) in [6, 6.07) is 13.4. The number of benzene rings is 2. The van der Waals surface area contributed by atoms with Gasteiger partial charge >= 0.3 is 0 Å². The van der Waals surface area contributed by atoms with Gasteiger partial charge in [0, 0.05) is 38.7 Å². The number of nitrogens with zero attached hydrogens (tertiary/aromatic N) is 1. The molecule has 19 heavy (non-hydrogen) atoms. The molecule has 1 nitrogen and oxygen atoms in total. The third-order valence-corrected chi connectivity index (χ3v) is 3.92. The van der Waals surface area contributed by atoms with E-state index in [1.165, 1.54) is 0 Å². The standard InChI is InChI=1S/C15H10Cl3N/c16-12-1-3-14(18)11(8-12)9-19-6-5-10-7-13(17)2-4-15(10)19/h1-8H,9H2. The minimum absolute atomic E-state index is 0.685. The predicted molar refractivity (Wildman–Crippen MR) is 82.5 cm³/mol. The van der Waals surface area contributed by atoms with Gasteiger partial charge in [-0.25, -0.2) is 0 Å². The van der Waals surface area contributed by atoms with E-state index in [-0.39, 0.29) is 0 Å². The van der Waals surface area contributed by atoms with Crippen molar-refractivity contribution in [2.75, 3.05) is 0 Å². The first-order chi connectivity index (χ1) is 9.13. The van der Waals surface area contributed by atoms with Crippen LogP contribution in [0.2, 0.25) is 15.1 Å². The third kappa shape index (κ3) is 2.59. The van der Waals surface area contributed by atoms with Crippen LogP contribution in [0.4, 0.5) is 0 Å². The molecule has 2 aromatic carbocycles. The van der Waals surface area contributed by atoms with Crippen molar-refractivity contribution in [1.82, 2.24) is 4.57 Å². The van der Waals surface area contributed by atoms with Gasteiger partial charge in [-0.15, -0.1) is 0 Å². The van der Waals surface area contributed by atoms with E-state index in [9.17, 15) is 0 Å². The summed E-state index contributed by atoms with van der Waals surface area (Å²) >= 11 is 18.2. The Labute approximate surface area is 126 Å². The van der Waals surface area contributed by atoms with Gasteiger partial charge in [-0.1, -0.05) is 34.8 Å². The summed E-state index contributed by atoms with van der Waals surface area (Å²) in [6.45, 7) is 0.685. The maximum atomic E-state index is 6.20. The second kappa shape index (κ2) is 5.09. The minimum atomic E-state index is 0.685. The zero-order valence-electron chi connectivity index (χ0n) is 9.91.